The number of thioether (sulfide) groups is 1. The molecular weight excluding hydrogens is 354 g/mol. The van der Waals surface area contributed by atoms with Crippen LogP contribution in [0.4, 0.5) is 5.69 Å². The molecule has 0 saturated carbocycles. The Kier molecular flexibility index (Phi) is 6.31. The van der Waals surface area contributed by atoms with Crippen molar-refractivity contribution >= 4 is 29.3 Å². The van der Waals surface area contributed by atoms with Crippen LogP contribution in [-0.4, -0.2) is 41.1 Å². The van der Waals surface area contributed by atoms with Gasteiger partial charge in [-0.2, -0.15) is 5.10 Å². The van der Waals surface area contributed by atoms with Gasteiger partial charge in [-0.05, 0) is 45.2 Å². The van der Waals surface area contributed by atoms with Crippen LogP contribution in [0.2, 0.25) is 0 Å². The van der Waals surface area contributed by atoms with Gasteiger partial charge < -0.3 is 14.8 Å². The number of methoxy groups -OCH3 is 1. The number of esters is 1. The lowest BCUT2D eigenvalue weighted by molar-refractivity contribution is -0.123. The highest BCUT2D eigenvalue weighted by molar-refractivity contribution is 7.98. The number of carbonyl (C=O) groups excluding carboxylic acids is 2. The van der Waals surface area contributed by atoms with Gasteiger partial charge in [-0.15, -0.1) is 11.8 Å². The molecule has 0 unspecified atom stereocenters. The van der Waals surface area contributed by atoms with Crippen molar-refractivity contribution in [1.82, 2.24) is 9.78 Å². The summed E-state index contributed by atoms with van der Waals surface area (Å²) in [5.41, 5.74) is 2.43. The van der Waals surface area contributed by atoms with Gasteiger partial charge >= 0.3 is 5.97 Å². The fourth-order valence-corrected chi connectivity index (χ4v) is 2.85. The molecular formula is C18H23N3O4S. The zero-order valence-electron chi connectivity index (χ0n) is 15.7. The number of hydrogen-bond donors (Lipinski definition) is 1. The van der Waals surface area contributed by atoms with Gasteiger partial charge in [0.2, 0.25) is 0 Å². The molecule has 1 aromatic heterocycles. The third-order valence-electron chi connectivity index (χ3n) is 4.04. The van der Waals surface area contributed by atoms with Crippen molar-refractivity contribution in [1.29, 1.82) is 0 Å². The SMILES string of the molecule is COc1cc(SC)ccc1C(=O)O[C@@H](C)C(=O)Nc1c(C)nn(C)c1C. The zero-order chi connectivity index (χ0) is 19.4. The molecule has 0 aliphatic heterocycles. The normalized spacial score (nSPS) is 11.8. The molecule has 1 atom stereocenters. The van der Waals surface area contributed by atoms with Gasteiger partial charge in [-0.25, -0.2) is 4.79 Å². The molecule has 0 bridgehead atoms. The number of aryl methyl sites for hydroxylation is 2. The molecule has 0 saturated heterocycles. The van der Waals surface area contributed by atoms with E-state index in [0.29, 0.717) is 17.1 Å². The average molecular weight is 377 g/mol. The Bertz CT molecular complexity index is 832. The van der Waals surface area contributed by atoms with Crippen LogP contribution in [0.3, 0.4) is 0 Å². The van der Waals surface area contributed by atoms with Crippen molar-refractivity contribution < 1.29 is 19.1 Å². The highest BCUT2D eigenvalue weighted by Crippen LogP contribution is 2.26. The fourth-order valence-electron chi connectivity index (χ4n) is 2.42. The van der Waals surface area contributed by atoms with Crippen LogP contribution in [0.5, 0.6) is 5.75 Å². The number of nitrogens with one attached hydrogen (secondary N) is 1. The van der Waals surface area contributed by atoms with E-state index in [1.54, 1.807) is 36.9 Å². The van der Waals surface area contributed by atoms with Crippen LogP contribution in [0.15, 0.2) is 23.1 Å². The lowest BCUT2D eigenvalue weighted by Gasteiger charge is -2.15. The summed E-state index contributed by atoms with van der Waals surface area (Å²) in [6, 6.07) is 5.19. The first-order valence-corrected chi connectivity index (χ1v) is 9.25. The number of hydrogen-bond acceptors (Lipinski definition) is 6. The maximum Gasteiger partial charge on any atom is 0.342 e. The summed E-state index contributed by atoms with van der Waals surface area (Å²) in [6.45, 7) is 5.18. The molecule has 1 amide bonds. The molecule has 0 spiro atoms. The Morgan fingerprint density at radius 2 is 2.00 bits per heavy atom. The Balaban J connectivity index is 2.10. The number of ether oxygens (including phenoxy) is 2. The van der Waals surface area contributed by atoms with E-state index in [-0.39, 0.29) is 5.56 Å². The van der Waals surface area contributed by atoms with Gasteiger partial charge in [0.25, 0.3) is 5.91 Å². The van der Waals surface area contributed by atoms with Crippen molar-refractivity contribution in [2.75, 3.05) is 18.7 Å². The quantitative estimate of drug-likeness (QED) is 0.616. The van der Waals surface area contributed by atoms with Crippen LogP contribution in [-0.2, 0) is 16.6 Å². The number of rotatable bonds is 6. The van der Waals surface area contributed by atoms with Crippen molar-refractivity contribution in [2.45, 2.75) is 31.8 Å². The highest BCUT2D eigenvalue weighted by Gasteiger charge is 2.23. The van der Waals surface area contributed by atoms with E-state index in [0.717, 1.165) is 10.6 Å². The van der Waals surface area contributed by atoms with Gasteiger partial charge in [-0.3, -0.25) is 9.48 Å². The Hall–Kier alpha value is -2.48. The Labute approximate surface area is 157 Å². The highest BCUT2D eigenvalue weighted by atomic mass is 32.2. The predicted octanol–water partition coefficient (Wildman–Crippen LogP) is 2.95. The van der Waals surface area contributed by atoms with Gasteiger partial charge in [0.05, 0.1) is 24.2 Å². The molecule has 0 radical (unpaired) electrons. The van der Waals surface area contributed by atoms with Crippen molar-refractivity contribution in [3.05, 3.63) is 35.2 Å². The van der Waals surface area contributed by atoms with Crippen molar-refractivity contribution in [3.63, 3.8) is 0 Å². The summed E-state index contributed by atoms with van der Waals surface area (Å²) < 4.78 is 12.2. The lowest BCUT2D eigenvalue weighted by Crippen LogP contribution is -2.30. The number of aromatic nitrogens is 2. The van der Waals surface area contributed by atoms with E-state index in [1.165, 1.54) is 25.8 Å². The topological polar surface area (TPSA) is 82.4 Å². The van der Waals surface area contributed by atoms with Crippen LogP contribution < -0.4 is 10.1 Å². The smallest absolute Gasteiger partial charge is 0.342 e. The van der Waals surface area contributed by atoms with Crippen molar-refractivity contribution in [2.24, 2.45) is 7.05 Å². The molecule has 1 aromatic carbocycles. The summed E-state index contributed by atoms with van der Waals surface area (Å²) in [6.07, 6.45) is 0.966. The van der Waals surface area contributed by atoms with Gasteiger partial charge in [0.15, 0.2) is 6.10 Å². The molecule has 2 rings (SSSR count). The summed E-state index contributed by atoms with van der Waals surface area (Å²) in [5, 5.41) is 7.01. The van der Waals surface area contributed by atoms with E-state index in [9.17, 15) is 9.59 Å². The summed E-state index contributed by atoms with van der Waals surface area (Å²) in [7, 11) is 3.28. The zero-order valence-corrected chi connectivity index (χ0v) is 16.6. The summed E-state index contributed by atoms with van der Waals surface area (Å²) in [4.78, 5) is 25.8. The first-order valence-electron chi connectivity index (χ1n) is 8.02. The van der Waals surface area contributed by atoms with E-state index in [4.69, 9.17) is 9.47 Å². The van der Waals surface area contributed by atoms with Crippen LogP contribution >= 0.6 is 11.8 Å². The molecule has 7 nitrogen and oxygen atoms in total. The van der Waals surface area contributed by atoms with E-state index < -0.39 is 18.0 Å². The molecule has 140 valence electrons. The molecule has 26 heavy (non-hydrogen) atoms. The predicted molar refractivity (Wildman–Crippen MR) is 101 cm³/mol. The Morgan fingerprint density at radius 3 is 2.54 bits per heavy atom. The monoisotopic (exact) mass is 377 g/mol. The molecule has 0 aliphatic carbocycles. The molecule has 0 fully saturated rings. The van der Waals surface area contributed by atoms with E-state index in [2.05, 4.69) is 10.4 Å². The molecule has 8 heteroatoms. The Morgan fingerprint density at radius 1 is 1.31 bits per heavy atom. The number of nitrogens with zero attached hydrogens (tertiary/aromatic N) is 2. The second-order valence-electron chi connectivity index (χ2n) is 5.77. The third kappa shape index (κ3) is 4.19. The fraction of sp³-hybridized carbons (Fsp3) is 0.389. The van der Waals surface area contributed by atoms with Crippen LogP contribution in [0.1, 0.15) is 28.7 Å². The molecule has 0 aliphatic rings. The van der Waals surface area contributed by atoms with Crippen molar-refractivity contribution in [3.8, 4) is 5.75 Å². The maximum atomic E-state index is 12.4. The van der Waals surface area contributed by atoms with E-state index >= 15 is 0 Å². The third-order valence-corrected chi connectivity index (χ3v) is 4.76. The van der Waals surface area contributed by atoms with Crippen LogP contribution in [0, 0.1) is 13.8 Å². The first kappa shape index (κ1) is 19.8. The summed E-state index contributed by atoms with van der Waals surface area (Å²) >= 11 is 1.54. The van der Waals surface area contributed by atoms with Gasteiger partial charge in [0, 0.05) is 11.9 Å². The second kappa shape index (κ2) is 8.27. The number of carbonyl (C=O) groups is 2. The number of anilines is 1. The van der Waals surface area contributed by atoms with E-state index in [1.807, 2.05) is 13.2 Å². The van der Waals surface area contributed by atoms with Crippen LogP contribution in [0.25, 0.3) is 0 Å². The minimum Gasteiger partial charge on any atom is -0.496 e. The van der Waals surface area contributed by atoms with Gasteiger partial charge in [-0.1, -0.05) is 0 Å². The average Bonchev–Trinajstić information content (AvgIpc) is 2.86. The second-order valence-corrected chi connectivity index (χ2v) is 6.65. The molecule has 1 heterocycles. The minimum absolute atomic E-state index is 0.277. The molecule has 2 aromatic rings. The maximum absolute atomic E-state index is 12.4. The summed E-state index contributed by atoms with van der Waals surface area (Å²) in [5.74, 6) is -0.623. The number of benzene rings is 1. The minimum atomic E-state index is -0.966. The first-order chi connectivity index (χ1) is 12.3. The number of amides is 1. The standard InChI is InChI=1S/C18H23N3O4S/c1-10-16(11(2)21(4)20-10)19-17(22)12(3)25-18(23)14-8-7-13(26-6)9-15(14)24-5/h7-9,12H,1-6H3,(H,19,22)/t12-/m0/s1. The lowest BCUT2D eigenvalue weighted by atomic mass is 10.2. The molecule has 1 N–H and O–H groups in total. The van der Waals surface area contributed by atoms with Gasteiger partial charge in [0.1, 0.15) is 11.3 Å². The largest absolute Gasteiger partial charge is 0.496 e.